The van der Waals surface area contributed by atoms with Crippen molar-refractivity contribution in [2.24, 2.45) is 5.92 Å². The summed E-state index contributed by atoms with van der Waals surface area (Å²) in [6, 6.07) is 0. The van der Waals surface area contributed by atoms with Gasteiger partial charge in [-0.3, -0.25) is 4.57 Å². The van der Waals surface area contributed by atoms with E-state index < -0.39 is 22.7 Å². The van der Waals surface area contributed by atoms with Crippen LogP contribution in [0.25, 0.3) is 0 Å². The van der Waals surface area contributed by atoms with E-state index in [1.807, 2.05) is 6.92 Å². The smallest absolute Gasteiger partial charge is 0.266 e. The third-order valence-corrected chi connectivity index (χ3v) is 7.94. The minimum atomic E-state index is -1.54. The Morgan fingerprint density at radius 2 is 2.03 bits per heavy atom. The first kappa shape index (κ1) is 22.3. The largest absolute Gasteiger partial charge is 0.593 e. The van der Waals surface area contributed by atoms with Crippen molar-refractivity contribution >= 4 is 28.9 Å². The lowest BCUT2D eigenvalue weighted by molar-refractivity contribution is -0.0954. The van der Waals surface area contributed by atoms with Crippen LogP contribution in [0.4, 0.5) is 5.95 Å². The Labute approximate surface area is 194 Å². The number of ether oxygens (including phenoxy) is 3. The fraction of sp³-hybridized carbons (Fsp3) is 0.700. The number of hydrogen-bond acceptors (Lipinski definition) is 9. The Kier molecular flexibility index (Phi) is 6.30. The summed E-state index contributed by atoms with van der Waals surface area (Å²) in [6.45, 7) is 3.37. The van der Waals surface area contributed by atoms with Crippen LogP contribution in [0.3, 0.4) is 0 Å². The van der Waals surface area contributed by atoms with E-state index in [-0.39, 0.29) is 11.6 Å². The van der Waals surface area contributed by atoms with Gasteiger partial charge in [0.1, 0.15) is 6.10 Å². The van der Waals surface area contributed by atoms with Crippen LogP contribution >= 0.6 is 11.6 Å². The summed E-state index contributed by atoms with van der Waals surface area (Å²) in [4.78, 5) is 8.46. The third-order valence-electron chi connectivity index (χ3n) is 6.44. The summed E-state index contributed by atoms with van der Waals surface area (Å²) in [5.74, 6) is 2.26. The zero-order valence-electron chi connectivity index (χ0n) is 18.1. The average molecular weight is 483 g/mol. The van der Waals surface area contributed by atoms with Crippen LogP contribution < -0.4 is 4.72 Å². The minimum Gasteiger partial charge on any atom is -0.593 e. The quantitative estimate of drug-likeness (QED) is 0.537. The number of nitrogens with one attached hydrogen (secondary N) is 1. The van der Waals surface area contributed by atoms with Crippen molar-refractivity contribution in [3.63, 3.8) is 0 Å². The highest BCUT2D eigenvalue weighted by Crippen LogP contribution is 2.60. The summed E-state index contributed by atoms with van der Waals surface area (Å²) in [7, 11) is 1.55. The van der Waals surface area contributed by atoms with Gasteiger partial charge in [-0.1, -0.05) is 11.6 Å². The van der Waals surface area contributed by atoms with E-state index in [0.29, 0.717) is 42.5 Å². The Morgan fingerprint density at radius 3 is 2.62 bits per heavy atom. The van der Waals surface area contributed by atoms with Crippen molar-refractivity contribution < 1.29 is 18.8 Å². The number of rotatable bonds is 9. The Bertz CT molecular complexity index is 933. The third kappa shape index (κ3) is 4.22. The van der Waals surface area contributed by atoms with Crippen molar-refractivity contribution in [3.8, 4) is 0 Å². The maximum Gasteiger partial charge on any atom is 0.266 e. The lowest BCUT2D eigenvalue weighted by Gasteiger charge is -2.28. The molecule has 0 aromatic carbocycles. The maximum absolute atomic E-state index is 13.3. The van der Waals surface area contributed by atoms with Gasteiger partial charge in [0.05, 0.1) is 41.7 Å². The molecule has 0 amide bonds. The SMILES string of the molecule is COC(c1ncc(Cl)cn1)C(C)[S+]([O-])Nc1nnc(C2COCCO2)n1C1(C2CC2)CC1. The molecule has 1 aliphatic heterocycles. The Balaban J connectivity index is 1.39. The predicted octanol–water partition coefficient (Wildman–Crippen LogP) is 2.56. The molecule has 4 atom stereocenters. The summed E-state index contributed by atoms with van der Waals surface area (Å²) in [5.41, 5.74) is -0.0185. The fourth-order valence-electron chi connectivity index (χ4n) is 4.48. The van der Waals surface area contributed by atoms with Crippen LogP contribution in [0.15, 0.2) is 12.4 Å². The Hall–Kier alpha value is -1.50. The van der Waals surface area contributed by atoms with Crippen molar-refractivity contribution in [2.75, 3.05) is 31.7 Å². The first-order valence-electron chi connectivity index (χ1n) is 10.9. The molecule has 2 aromatic heterocycles. The van der Waals surface area contributed by atoms with Crippen molar-refractivity contribution in [3.05, 3.63) is 29.1 Å². The van der Waals surface area contributed by atoms with Gasteiger partial charge in [-0.15, -0.1) is 10.2 Å². The second-order valence-corrected chi connectivity index (χ2v) is 10.5. The second-order valence-electron chi connectivity index (χ2n) is 8.55. The molecule has 3 aliphatic rings. The van der Waals surface area contributed by atoms with E-state index in [0.717, 1.165) is 18.7 Å². The number of aromatic nitrogens is 5. The predicted molar refractivity (Wildman–Crippen MR) is 117 cm³/mol. The average Bonchev–Trinajstić information content (AvgIpc) is 3.73. The summed E-state index contributed by atoms with van der Waals surface area (Å²) in [6.07, 6.45) is 6.66. The fourth-order valence-corrected chi connectivity index (χ4v) is 5.53. The molecule has 12 heteroatoms. The zero-order valence-corrected chi connectivity index (χ0v) is 19.6. The Morgan fingerprint density at radius 1 is 1.28 bits per heavy atom. The molecule has 1 saturated heterocycles. The molecule has 2 aromatic rings. The zero-order chi connectivity index (χ0) is 22.3. The first-order chi connectivity index (χ1) is 15.5. The molecule has 2 aliphatic carbocycles. The van der Waals surface area contributed by atoms with Gasteiger partial charge in [0.2, 0.25) is 0 Å². The lowest BCUT2D eigenvalue weighted by Crippen LogP contribution is -2.35. The number of nitrogens with zero attached hydrogens (tertiary/aromatic N) is 5. The first-order valence-corrected chi connectivity index (χ1v) is 12.4. The molecule has 0 bridgehead atoms. The standard InChI is InChI=1S/C20H27ClN6O4S/c1-12(16(29-2)17-22-9-14(21)10-23-17)32(28)26-19-25-24-18(15-11-30-7-8-31-15)27(19)20(5-6-20)13-3-4-13/h9-10,12-13,15-16H,3-8,11H2,1-2H3,(H,25,26). The van der Waals surface area contributed by atoms with E-state index in [4.69, 9.17) is 25.8 Å². The number of anilines is 1. The van der Waals surface area contributed by atoms with Gasteiger partial charge in [-0.05, 0) is 38.5 Å². The van der Waals surface area contributed by atoms with Crippen molar-refractivity contribution in [1.82, 2.24) is 24.7 Å². The monoisotopic (exact) mass is 482 g/mol. The van der Waals surface area contributed by atoms with Gasteiger partial charge in [-0.25, -0.2) is 9.97 Å². The van der Waals surface area contributed by atoms with E-state index in [1.165, 1.54) is 25.2 Å². The van der Waals surface area contributed by atoms with Crippen molar-refractivity contribution in [1.29, 1.82) is 0 Å². The normalized spacial score (nSPS) is 25.2. The molecule has 2 saturated carbocycles. The molecule has 3 heterocycles. The number of halogens is 1. The van der Waals surface area contributed by atoms with Gasteiger partial charge >= 0.3 is 0 Å². The van der Waals surface area contributed by atoms with E-state index in [2.05, 4.69) is 29.5 Å². The molecule has 0 spiro atoms. The van der Waals surface area contributed by atoms with Gasteiger partial charge in [0.25, 0.3) is 5.95 Å². The van der Waals surface area contributed by atoms with Crippen LogP contribution in [0.2, 0.25) is 5.02 Å². The van der Waals surface area contributed by atoms with E-state index >= 15 is 0 Å². The van der Waals surface area contributed by atoms with E-state index in [1.54, 1.807) is 7.11 Å². The van der Waals surface area contributed by atoms with Crippen LogP contribution in [-0.4, -0.2) is 61.5 Å². The van der Waals surface area contributed by atoms with E-state index in [9.17, 15) is 4.55 Å². The van der Waals surface area contributed by atoms with Crippen LogP contribution in [0.5, 0.6) is 0 Å². The molecular formula is C20H27ClN6O4S. The second kappa shape index (κ2) is 9.03. The lowest BCUT2D eigenvalue weighted by atomic mass is 10.1. The van der Waals surface area contributed by atoms with Crippen molar-refractivity contribution in [2.45, 2.75) is 55.6 Å². The summed E-state index contributed by atoms with van der Waals surface area (Å²) in [5, 5.41) is 8.80. The van der Waals surface area contributed by atoms with Crippen LogP contribution in [-0.2, 0) is 31.1 Å². The topological polar surface area (TPSA) is 119 Å². The molecule has 174 valence electrons. The number of methoxy groups -OCH3 is 1. The molecule has 32 heavy (non-hydrogen) atoms. The highest BCUT2D eigenvalue weighted by molar-refractivity contribution is 7.93. The summed E-state index contributed by atoms with van der Waals surface area (Å²) < 4.78 is 35.7. The molecule has 5 rings (SSSR count). The van der Waals surface area contributed by atoms with Gasteiger partial charge in [-0.2, -0.15) is 4.72 Å². The van der Waals surface area contributed by atoms with Gasteiger partial charge in [0.15, 0.2) is 23.0 Å². The number of hydrogen-bond donors (Lipinski definition) is 1. The molecular weight excluding hydrogens is 456 g/mol. The molecule has 10 nitrogen and oxygen atoms in total. The molecule has 3 fully saturated rings. The van der Waals surface area contributed by atoms with Gasteiger partial charge in [0, 0.05) is 19.5 Å². The highest BCUT2D eigenvalue weighted by atomic mass is 35.5. The molecule has 4 unspecified atom stereocenters. The minimum absolute atomic E-state index is 0.0185. The van der Waals surface area contributed by atoms with Gasteiger partial charge < -0.3 is 18.8 Å². The molecule has 1 N–H and O–H groups in total. The van der Waals surface area contributed by atoms with Crippen LogP contribution in [0.1, 0.15) is 56.5 Å². The van der Waals surface area contributed by atoms with Crippen LogP contribution in [0, 0.1) is 5.92 Å². The summed E-state index contributed by atoms with van der Waals surface area (Å²) >= 11 is 4.36. The highest BCUT2D eigenvalue weighted by Gasteiger charge is 2.58. The maximum atomic E-state index is 13.3. The molecule has 0 radical (unpaired) electrons.